The van der Waals surface area contributed by atoms with Crippen LogP contribution in [0.5, 0.6) is 5.75 Å². The first-order valence-corrected chi connectivity index (χ1v) is 9.61. The molecular formula is C15H19ClN2O6S. The third-order valence-corrected chi connectivity index (χ3v) is 5.62. The van der Waals surface area contributed by atoms with Gasteiger partial charge in [0.05, 0.1) is 21.4 Å². The summed E-state index contributed by atoms with van der Waals surface area (Å²) in [5.74, 6) is -0.860. The number of fused-ring (bicyclic) bond motifs is 1. The van der Waals surface area contributed by atoms with Crippen molar-refractivity contribution in [2.24, 2.45) is 0 Å². The SMILES string of the molecule is COCCCNC(=O)CCS(=O)(=O)c1cc2c(cc1Cl)NC(=O)CO2. The number of anilines is 1. The van der Waals surface area contributed by atoms with Crippen LogP contribution in [0, 0.1) is 0 Å². The maximum atomic E-state index is 12.5. The van der Waals surface area contributed by atoms with Crippen molar-refractivity contribution < 1.29 is 27.5 Å². The van der Waals surface area contributed by atoms with Crippen LogP contribution in [0.25, 0.3) is 0 Å². The summed E-state index contributed by atoms with van der Waals surface area (Å²) in [6.07, 6.45) is 0.467. The smallest absolute Gasteiger partial charge is 0.262 e. The molecule has 2 rings (SSSR count). The number of carbonyl (C=O) groups excluding carboxylic acids is 2. The summed E-state index contributed by atoms with van der Waals surface area (Å²) in [5, 5.41) is 5.13. The maximum Gasteiger partial charge on any atom is 0.262 e. The van der Waals surface area contributed by atoms with E-state index in [1.807, 2.05) is 0 Å². The minimum atomic E-state index is -3.78. The molecule has 0 unspecified atom stereocenters. The number of halogens is 1. The molecule has 0 saturated carbocycles. The lowest BCUT2D eigenvalue weighted by Crippen LogP contribution is -2.27. The van der Waals surface area contributed by atoms with Crippen molar-refractivity contribution in [3.05, 3.63) is 17.2 Å². The fourth-order valence-corrected chi connectivity index (χ4v) is 4.02. The predicted octanol–water partition coefficient (Wildman–Crippen LogP) is 0.987. The van der Waals surface area contributed by atoms with E-state index in [4.69, 9.17) is 21.1 Å². The van der Waals surface area contributed by atoms with E-state index in [9.17, 15) is 18.0 Å². The summed E-state index contributed by atoms with van der Waals surface area (Å²) in [7, 11) is -2.22. The molecule has 25 heavy (non-hydrogen) atoms. The van der Waals surface area contributed by atoms with Crippen LogP contribution in [0.15, 0.2) is 17.0 Å². The number of benzene rings is 1. The molecule has 138 valence electrons. The number of carbonyl (C=O) groups is 2. The maximum absolute atomic E-state index is 12.5. The molecule has 0 radical (unpaired) electrons. The van der Waals surface area contributed by atoms with E-state index < -0.39 is 9.84 Å². The number of ether oxygens (including phenoxy) is 2. The van der Waals surface area contributed by atoms with Gasteiger partial charge >= 0.3 is 0 Å². The summed E-state index contributed by atoms with van der Waals surface area (Å²) in [6.45, 7) is 0.734. The zero-order valence-electron chi connectivity index (χ0n) is 13.6. The van der Waals surface area contributed by atoms with Gasteiger partial charge in [-0.3, -0.25) is 9.59 Å². The average molecular weight is 391 g/mol. The van der Waals surface area contributed by atoms with Gasteiger partial charge in [0.15, 0.2) is 16.4 Å². The van der Waals surface area contributed by atoms with E-state index in [0.29, 0.717) is 25.3 Å². The Morgan fingerprint density at radius 1 is 1.44 bits per heavy atom. The molecule has 1 aliphatic rings. The molecule has 0 atom stereocenters. The number of nitrogens with one attached hydrogen (secondary N) is 2. The Kier molecular flexibility index (Phi) is 6.63. The predicted molar refractivity (Wildman–Crippen MR) is 91.7 cm³/mol. The third kappa shape index (κ3) is 5.32. The Morgan fingerprint density at radius 2 is 2.20 bits per heavy atom. The fourth-order valence-electron chi connectivity index (χ4n) is 2.19. The fraction of sp³-hybridized carbons (Fsp3) is 0.467. The zero-order valence-corrected chi connectivity index (χ0v) is 15.2. The second kappa shape index (κ2) is 8.50. The van der Waals surface area contributed by atoms with Crippen LogP contribution in [-0.4, -0.2) is 52.9 Å². The van der Waals surface area contributed by atoms with Crippen LogP contribution < -0.4 is 15.4 Å². The Labute approximate surface area is 150 Å². The van der Waals surface area contributed by atoms with E-state index in [1.165, 1.54) is 12.1 Å². The summed E-state index contributed by atoms with van der Waals surface area (Å²) >= 11 is 6.03. The quantitative estimate of drug-likeness (QED) is 0.640. The summed E-state index contributed by atoms with van der Waals surface area (Å²) in [4.78, 5) is 22.9. The second-order valence-corrected chi connectivity index (χ2v) is 7.87. The Bertz CT molecular complexity index is 766. The normalized spacial score (nSPS) is 13.6. The molecule has 1 heterocycles. The van der Waals surface area contributed by atoms with E-state index in [1.54, 1.807) is 7.11 Å². The number of hydrogen-bond donors (Lipinski definition) is 2. The minimum absolute atomic E-state index is 0.0370. The summed E-state index contributed by atoms with van der Waals surface area (Å²) in [5.41, 5.74) is 0.316. The van der Waals surface area contributed by atoms with Crippen molar-refractivity contribution in [3.63, 3.8) is 0 Å². The van der Waals surface area contributed by atoms with Gasteiger partial charge in [0, 0.05) is 32.7 Å². The average Bonchev–Trinajstić information content (AvgIpc) is 2.56. The van der Waals surface area contributed by atoms with Gasteiger partial charge in [0.25, 0.3) is 5.91 Å². The van der Waals surface area contributed by atoms with Crippen LogP contribution in [0.3, 0.4) is 0 Å². The van der Waals surface area contributed by atoms with Crippen molar-refractivity contribution in [3.8, 4) is 5.75 Å². The van der Waals surface area contributed by atoms with Crippen molar-refractivity contribution in [2.45, 2.75) is 17.7 Å². The molecule has 0 spiro atoms. The molecule has 0 aromatic heterocycles. The Balaban J connectivity index is 2.02. The molecular weight excluding hydrogens is 372 g/mol. The van der Waals surface area contributed by atoms with Crippen LogP contribution >= 0.6 is 11.6 Å². The highest BCUT2D eigenvalue weighted by molar-refractivity contribution is 7.91. The molecule has 0 fully saturated rings. The van der Waals surface area contributed by atoms with Gasteiger partial charge in [-0.15, -0.1) is 0 Å². The van der Waals surface area contributed by atoms with E-state index in [-0.39, 0.29) is 46.3 Å². The van der Waals surface area contributed by atoms with Crippen LogP contribution in [0.1, 0.15) is 12.8 Å². The van der Waals surface area contributed by atoms with Crippen molar-refractivity contribution >= 4 is 38.9 Å². The number of hydrogen-bond acceptors (Lipinski definition) is 6. The van der Waals surface area contributed by atoms with Crippen LogP contribution in [0.4, 0.5) is 5.69 Å². The summed E-state index contributed by atoms with van der Waals surface area (Å²) in [6, 6.07) is 2.59. The lowest BCUT2D eigenvalue weighted by molar-refractivity contribution is -0.121. The van der Waals surface area contributed by atoms with Gasteiger partial charge in [-0.2, -0.15) is 0 Å². The molecule has 1 aromatic carbocycles. The van der Waals surface area contributed by atoms with Crippen molar-refractivity contribution in [2.75, 3.05) is 37.9 Å². The van der Waals surface area contributed by atoms with Crippen molar-refractivity contribution in [1.29, 1.82) is 0 Å². The monoisotopic (exact) mass is 390 g/mol. The highest BCUT2D eigenvalue weighted by Gasteiger charge is 2.25. The molecule has 2 N–H and O–H groups in total. The first-order valence-electron chi connectivity index (χ1n) is 7.58. The molecule has 0 saturated heterocycles. The van der Waals surface area contributed by atoms with Crippen LogP contribution in [0.2, 0.25) is 5.02 Å². The zero-order chi connectivity index (χ0) is 18.4. The molecule has 1 aliphatic heterocycles. The number of rotatable bonds is 8. The number of sulfone groups is 1. The first-order chi connectivity index (χ1) is 11.8. The van der Waals surface area contributed by atoms with Gasteiger partial charge in [-0.1, -0.05) is 11.6 Å². The largest absolute Gasteiger partial charge is 0.482 e. The molecule has 2 amide bonds. The molecule has 1 aromatic rings. The Hall–Kier alpha value is -1.84. The minimum Gasteiger partial charge on any atom is -0.482 e. The van der Waals surface area contributed by atoms with Gasteiger partial charge < -0.3 is 20.1 Å². The molecule has 0 aliphatic carbocycles. The first kappa shape index (κ1) is 19.5. The number of amides is 2. The van der Waals surface area contributed by atoms with E-state index in [0.717, 1.165) is 0 Å². The second-order valence-electron chi connectivity index (χ2n) is 5.38. The Morgan fingerprint density at radius 3 is 2.92 bits per heavy atom. The number of methoxy groups -OCH3 is 1. The highest BCUT2D eigenvalue weighted by Crippen LogP contribution is 2.36. The lowest BCUT2D eigenvalue weighted by atomic mass is 10.2. The molecule has 0 bridgehead atoms. The van der Waals surface area contributed by atoms with Gasteiger partial charge in [-0.05, 0) is 12.5 Å². The molecule has 8 nitrogen and oxygen atoms in total. The van der Waals surface area contributed by atoms with E-state index in [2.05, 4.69) is 10.6 Å². The van der Waals surface area contributed by atoms with Crippen LogP contribution in [-0.2, 0) is 24.2 Å². The van der Waals surface area contributed by atoms with Crippen molar-refractivity contribution in [1.82, 2.24) is 5.32 Å². The lowest BCUT2D eigenvalue weighted by Gasteiger charge is -2.19. The topological polar surface area (TPSA) is 111 Å². The third-order valence-electron chi connectivity index (χ3n) is 3.45. The van der Waals surface area contributed by atoms with E-state index >= 15 is 0 Å². The van der Waals surface area contributed by atoms with Gasteiger partial charge in [0.1, 0.15) is 5.75 Å². The summed E-state index contributed by atoms with van der Waals surface area (Å²) < 4.78 is 35.0. The van der Waals surface area contributed by atoms with Gasteiger partial charge in [-0.25, -0.2) is 8.42 Å². The standard InChI is InChI=1S/C15H19ClN2O6S/c1-23-5-2-4-17-14(19)3-6-25(21,22)13-8-12-11(7-10(13)16)18-15(20)9-24-12/h7-8H,2-6,9H2,1H3,(H,17,19)(H,18,20). The molecule has 10 heteroatoms. The van der Waals surface area contributed by atoms with Gasteiger partial charge in [0.2, 0.25) is 5.91 Å². The highest BCUT2D eigenvalue weighted by atomic mass is 35.5.